The second kappa shape index (κ2) is 9.40. The summed E-state index contributed by atoms with van der Waals surface area (Å²) >= 11 is 2.76. The molecule has 1 amide bonds. The summed E-state index contributed by atoms with van der Waals surface area (Å²) in [7, 11) is 0. The topological polar surface area (TPSA) is 85.6 Å². The van der Waals surface area contributed by atoms with Gasteiger partial charge in [0.2, 0.25) is 5.91 Å². The number of carbonyl (C=O) groups excluding carboxylic acids is 1. The number of thioether (sulfide) groups is 1. The maximum absolute atomic E-state index is 12.5. The molecule has 0 bridgehead atoms. The molecule has 0 saturated heterocycles. The zero-order valence-electron chi connectivity index (χ0n) is 17.4. The van der Waals surface area contributed by atoms with Gasteiger partial charge in [0.05, 0.1) is 17.1 Å². The summed E-state index contributed by atoms with van der Waals surface area (Å²) < 4.78 is 2.01. The molecule has 4 rings (SSSR count). The van der Waals surface area contributed by atoms with Crippen molar-refractivity contribution in [3.8, 4) is 17.1 Å². The average Bonchev–Trinajstić information content (AvgIpc) is 3.38. The largest absolute Gasteiger partial charge is 0.301 e. The van der Waals surface area contributed by atoms with E-state index in [9.17, 15) is 4.79 Å². The molecule has 4 aromatic rings. The molecule has 0 fully saturated rings. The minimum absolute atomic E-state index is 0.131. The molecule has 31 heavy (non-hydrogen) atoms. The third-order valence-corrected chi connectivity index (χ3v) is 6.36. The molecule has 0 aliphatic rings. The lowest BCUT2D eigenvalue weighted by molar-refractivity contribution is -0.113. The van der Waals surface area contributed by atoms with Gasteiger partial charge in [0.1, 0.15) is 0 Å². The number of nitrogens with zero attached hydrogens (tertiary/aromatic N) is 5. The van der Waals surface area contributed by atoms with Crippen LogP contribution in [-0.2, 0) is 4.79 Å². The summed E-state index contributed by atoms with van der Waals surface area (Å²) in [6, 6.07) is 12.0. The maximum Gasteiger partial charge on any atom is 0.236 e. The average molecular weight is 451 g/mol. The first kappa shape index (κ1) is 21.2. The first-order chi connectivity index (χ1) is 15.0. The highest BCUT2D eigenvalue weighted by atomic mass is 32.2. The number of pyridine rings is 1. The molecule has 1 N–H and O–H groups in total. The van der Waals surface area contributed by atoms with Crippen LogP contribution in [0.1, 0.15) is 31.0 Å². The van der Waals surface area contributed by atoms with Gasteiger partial charge in [-0.25, -0.2) is 4.98 Å². The van der Waals surface area contributed by atoms with E-state index in [0.29, 0.717) is 22.0 Å². The lowest BCUT2D eigenvalue weighted by Crippen LogP contribution is -2.14. The van der Waals surface area contributed by atoms with Crippen LogP contribution in [0.15, 0.2) is 59.3 Å². The minimum Gasteiger partial charge on any atom is -0.301 e. The number of thiazole rings is 1. The Morgan fingerprint density at radius 1 is 1.19 bits per heavy atom. The summed E-state index contributed by atoms with van der Waals surface area (Å²) in [5.41, 5.74) is 3.93. The zero-order valence-corrected chi connectivity index (χ0v) is 19.1. The van der Waals surface area contributed by atoms with Crippen molar-refractivity contribution < 1.29 is 4.79 Å². The standard InChI is InChI=1S/C22H22N6OS2/c1-14(2)17-8-4-5-9-18(17)28-20(16-7-6-10-23-11-16)26-27-22(28)31-13-19(29)25-21-24-15(3)12-30-21/h4-12,14H,13H2,1-3H3,(H,24,25,29). The van der Waals surface area contributed by atoms with Gasteiger partial charge in [-0.05, 0) is 36.6 Å². The van der Waals surface area contributed by atoms with Crippen molar-refractivity contribution in [1.29, 1.82) is 0 Å². The smallest absolute Gasteiger partial charge is 0.236 e. The van der Waals surface area contributed by atoms with Crippen LogP contribution in [-0.4, -0.2) is 36.4 Å². The zero-order chi connectivity index (χ0) is 21.8. The summed E-state index contributed by atoms with van der Waals surface area (Å²) in [6.07, 6.45) is 3.50. The predicted octanol–water partition coefficient (Wildman–Crippen LogP) is 4.95. The normalized spacial score (nSPS) is 11.1. The predicted molar refractivity (Wildman–Crippen MR) is 125 cm³/mol. The van der Waals surface area contributed by atoms with Gasteiger partial charge < -0.3 is 5.32 Å². The van der Waals surface area contributed by atoms with E-state index >= 15 is 0 Å². The third kappa shape index (κ3) is 4.83. The number of anilines is 1. The Morgan fingerprint density at radius 2 is 2.03 bits per heavy atom. The molecule has 1 aromatic carbocycles. The summed E-state index contributed by atoms with van der Waals surface area (Å²) in [5, 5.41) is 14.8. The molecule has 0 unspecified atom stereocenters. The van der Waals surface area contributed by atoms with Gasteiger partial charge in [-0.15, -0.1) is 21.5 Å². The molecule has 0 aliphatic carbocycles. The number of hydrogen-bond donors (Lipinski definition) is 1. The van der Waals surface area contributed by atoms with Crippen molar-refractivity contribution in [3.63, 3.8) is 0 Å². The monoisotopic (exact) mass is 450 g/mol. The molecule has 3 heterocycles. The Balaban J connectivity index is 1.67. The van der Waals surface area contributed by atoms with Crippen LogP contribution in [0.25, 0.3) is 17.1 Å². The van der Waals surface area contributed by atoms with Crippen LogP contribution >= 0.6 is 23.1 Å². The molecule has 0 radical (unpaired) electrons. The van der Waals surface area contributed by atoms with Crippen LogP contribution in [0.3, 0.4) is 0 Å². The first-order valence-corrected chi connectivity index (χ1v) is 11.7. The fourth-order valence-electron chi connectivity index (χ4n) is 3.14. The lowest BCUT2D eigenvalue weighted by atomic mass is 10.0. The van der Waals surface area contributed by atoms with Crippen LogP contribution < -0.4 is 5.32 Å². The molecular weight excluding hydrogens is 428 g/mol. The van der Waals surface area contributed by atoms with Crippen LogP contribution in [0.2, 0.25) is 0 Å². The SMILES string of the molecule is Cc1csc(NC(=O)CSc2nnc(-c3cccnc3)n2-c2ccccc2C(C)C)n1. The number of aryl methyl sites for hydroxylation is 1. The minimum atomic E-state index is -0.131. The Labute approximate surface area is 189 Å². The number of benzene rings is 1. The molecule has 0 aliphatic heterocycles. The second-order valence-electron chi connectivity index (χ2n) is 7.23. The molecule has 0 spiro atoms. The quantitative estimate of drug-likeness (QED) is 0.401. The second-order valence-corrected chi connectivity index (χ2v) is 9.03. The number of hydrogen-bond acceptors (Lipinski definition) is 7. The third-order valence-electron chi connectivity index (χ3n) is 4.55. The van der Waals surface area contributed by atoms with E-state index in [1.807, 2.05) is 41.1 Å². The van der Waals surface area contributed by atoms with Crippen molar-refractivity contribution in [2.24, 2.45) is 0 Å². The molecule has 158 valence electrons. The van der Waals surface area contributed by atoms with E-state index in [1.165, 1.54) is 28.7 Å². The summed E-state index contributed by atoms with van der Waals surface area (Å²) in [4.78, 5) is 21.0. The highest BCUT2D eigenvalue weighted by Crippen LogP contribution is 2.32. The molecule has 0 saturated carbocycles. The highest BCUT2D eigenvalue weighted by Gasteiger charge is 2.20. The van der Waals surface area contributed by atoms with Crippen LogP contribution in [0, 0.1) is 6.92 Å². The van der Waals surface area contributed by atoms with Gasteiger partial charge in [0.25, 0.3) is 0 Å². The number of para-hydroxylation sites is 1. The van der Waals surface area contributed by atoms with E-state index in [-0.39, 0.29) is 11.7 Å². The molecule has 0 atom stereocenters. The van der Waals surface area contributed by atoms with E-state index in [0.717, 1.165) is 16.9 Å². The maximum atomic E-state index is 12.5. The number of nitrogens with one attached hydrogen (secondary N) is 1. The molecule has 3 aromatic heterocycles. The molecular formula is C22H22N6OS2. The van der Waals surface area contributed by atoms with Crippen LogP contribution in [0.5, 0.6) is 0 Å². The fraction of sp³-hybridized carbons (Fsp3) is 0.227. The van der Waals surface area contributed by atoms with E-state index in [4.69, 9.17) is 0 Å². The van der Waals surface area contributed by atoms with Crippen molar-refractivity contribution >= 4 is 34.1 Å². The lowest BCUT2D eigenvalue weighted by Gasteiger charge is -2.16. The Bertz CT molecular complexity index is 1190. The van der Waals surface area contributed by atoms with Crippen molar-refractivity contribution in [2.45, 2.75) is 31.8 Å². The highest BCUT2D eigenvalue weighted by molar-refractivity contribution is 7.99. The van der Waals surface area contributed by atoms with Crippen LogP contribution in [0.4, 0.5) is 5.13 Å². The van der Waals surface area contributed by atoms with Gasteiger partial charge in [-0.1, -0.05) is 43.8 Å². The van der Waals surface area contributed by atoms with Crippen molar-refractivity contribution in [3.05, 3.63) is 65.4 Å². The number of carbonyl (C=O) groups is 1. The summed E-state index contributed by atoms with van der Waals surface area (Å²) in [6.45, 7) is 6.21. The van der Waals surface area contributed by atoms with E-state index < -0.39 is 0 Å². The number of amides is 1. The molecule has 7 nitrogen and oxygen atoms in total. The van der Waals surface area contributed by atoms with Gasteiger partial charge in [-0.3, -0.25) is 14.3 Å². The Kier molecular flexibility index (Phi) is 6.43. The van der Waals surface area contributed by atoms with Gasteiger partial charge in [0, 0.05) is 23.3 Å². The van der Waals surface area contributed by atoms with Gasteiger partial charge in [-0.2, -0.15) is 0 Å². The van der Waals surface area contributed by atoms with Crippen molar-refractivity contribution in [1.82, 2.24) is 24.7 Å². The van der Waals surface area contributed by atoms with Gasteiger partial charge in [0.15, 0.2) is 16.1 Å². The Morgan fingerprint density at radius 3 is 2.74 bits per heavy atom. The number of rotatable bonds is 7. The van der Waals surface area contributed by atoms with Gasteiger partial charge >= 0.3 is 0 Å². The molecule has 9 heteroatoms. The first-order valence-electron chi connectivity index (χ1n) is 9.83. The van der Waals surface area contributed by atoms with E-state index in [2.05, 4.69) is 51.5 Å². The van der Waals surface area contributed by atoms with Crippen molar-refractivity contribution in [2.75, 3.05) is 11.1 Å². The fourth-order valence-corrected chi connectivity index (χ4v) is 4.59. The number of aromatic nitrogens is 5. The Hall–Kier alpha value is -3.04. The van der Waals surface area contributed by atoms with E-state index in [1.54, 1.807) is 12.4 Å². The summed E-state index contributed by atoms with van der Waals surface area (Å²) in [5.74, 6) is 1.08.